The lowest BCUT2D eigenvalue weighted by molar-refractivity contribution is -0.134. The summed E-state index contributed by atoms with van der Waals surface area (Å²) in [4.78, 5) is 13.7. The van der Waals surface area contributed by atoms with Crippen LogP contribution in [0.1, 0.15) is 26.7 Å². The van der Waals surface area contributed by atoms with Crippen LogP contribution < -0.4 is 5.73 Å². The average molecular weight is 199 g/mol. The van der Waals surface area contributed by atoms with Crippen molar-refractivity contribution >= 4 is 11.7 Å². The van der Waals surface area contributed by atoms with E-state index in [9.17, 15) is 4.79 Å². The Kier molecular flexibility index (Phi) is 2.98. The molecule has 14 heavy (non-hydrogen) atoms. The van der Waals surface area contributed by atoms with Gasteiger partial charge in [-0.2, -0.15) is 0 Å². The van der Waals surface area contributed by atoms with Gasteiger partial charge in [0.25, 0.3) is 0 Å². The van der Waals surface area contributed by atoms with Crippen molar-refractivity contribution < 1.29 is 10.0 Å². The molecule has 5 nitrogen and oxygen atoms in total. The fraction of sp³-hybridized carbons (Fsp3) is 0.778. The average Bonchev–Trinajstić information content (AvgIpc) is 2.99. The predicted molar refractivity (Wildman–Crippen MR) is 53.0 cm³/mol. The molecule has 0 spiro atoms. The Morgan fingerprint density at radius 1 is 1.50 bits per heavy atom. The van der Waals surface area contributed by atoms with E-state index in [2.05, 4.69) is 5.16 Å². The Labute approximate surface area is 83.6 Å². The molecular weight excluding hydrogens is 182 g/mol. The summed E-state index contributed by atoms with van der Waals surface area (Å²) in [5, 5.41) is 11.5. The second kappa shape index (κ2) is 3.86. The summed E-state index contributed by atoms with van der Waals surface area (Å²) in [6, 6.07) is 0. The first-order valence-electron chi connectivity index (χ1n) is 4.89. The molecule has 0 aromatic heterocycles. The third-order valence-electron chi connectivity index (χ3n) is 2.81. The Morgan fingerprint density at radius 3 is 2.29 bits per heavy atom. The molecule has 0 atom stereocenters. The van der Waals surface area contributed by atoms with Crippen molar-refractivity contribution in [1.29, 1.82) is 0 Å². The smallest absolute Gasteiger partial charge is 0.236 e. The molecule has 80 valence electrons. The summed E-state index contributed by atoms with van der Waals surface area (Å²) in [5.41, 5.74) is 4.82. The van der Waals surface area contributed by atoms with Gasteiger partial charge in [0.2, 0.25) is 5.91 Å². The summed E-state index contributed by atoms with van der Waals surface area (Å²) < 4.78 is 0. The highest BCUT2D eigenvalue weighted by Gasteiger charge is 2.55. The van der Waals surface area contributed by atoms with Crippen LogP contribution in [-0.4, -0.2) is 34.9 Å². The molecule has 1 saturated carbocycles. The zero-order chi connectivity index (χ0) is 10.8. The van der Waals surface area contributed by atoms with Gasteiger partial charge in [-0.15, -0.1) is 0 Å². The minimum atomic E-state index is -0.694. The Hall–Kier alpha value is -1.26. The van der Waals surface area contributed by atoms with Crippen molar-refractivity contribution in [1.82, 2.24) is 4.90 Å². The molecule has 1 fully saturated rings. The number of carbonyl (C=O) groups is 1. The van der Waals surface area contributed by atoms with E-state index in [1.165, 1.54) is 0 Å². The molecule has 0 aromatic carbocycles. The topological polar surface area (TPSA) is 78.9 Å². The summed E-state index contributed by atoms with van der Waals surface area (Å²) >= 11 is 0. The molecule has 1 rings (SSSR count). The highest BCUT2D eigenvalue weighted by molar-refractivity contribution is 6.09. The number of hydrogen-bond acceptors (Lipinski definition) is 3. The van der Waals surface area contributed by atoms with Crippen LogP contribution in [-0.2, 0) is 4.79 Å². The minimum Gasteiger partial charge on any atom is -0.409 e. The van der Waals surface area contributed by atoms with Gasteiger partial charge in [0.1, 0.15) is 5.41 Å². The van der Waals surface area contributed by atoms with Gasteiger partial charge in [0.05, 0.1) is 0 Å². The molecule has 1 aliphatic rings. The largest absolute Gasteiger partial charge is 0.409 e. The standard InChI is InChI=1S/C9H17N3O2/c1-3-12(4-2)8(13)9(5-6-9)7(10)11-14/h14H,3-6H2,1-2H3,(H2,10,11). The fourth-order valence-corrected chi connectivity index (χ4v) is 1.61. The molecule has 1 amide bonds. The predicted octanol–water partition coefficient (Wildman–Crippen LogP) is 0.381. The van der Waals surface area contributed by atoms with E-state index in [0.717, 1.165) is 0 Å². The van der Waals surface area contributed by atoms with Crippen LogP contribution >= 0.6 is 0 Å². The van der Waals surface area contributed by atoms with Gasteiger partial charge in [-0.1, -0.05) is 5.16 Å². The molecule has 0 radical (unpaired) electrons. The maximum absolute atomic E-state index is 11.9. The molecule has 5 heteroatoms. The van der Waals surface area contributed by atoms with Gasteiger partial charge < -0.3 is 15.8 Å². The zero-order valence-electron chi connectivity index (χ0n) is 8.66. The molecular formula is C9H17N3O2. The van der Waals surface area contributed by atoms with Gasteiger partial charge in [-0.25, -0.2) is 0 Å². The van der Waals surface area contributed by atoms with E-state index < -0.39 is 5.41 Å². The lowest BCUT2D eigenvalue weighted by atomic mass is 10.0. The molecule has 0 aliphatic heterocycles. The van der Waals surface area contributed by atoms with Crippen molar-refractivity contribution in [3.8, 4) is 0 Å². The van der Waals surface area contributed by atoms with Crippen molar-refractivity contribution in [2.75, 3.05) is 13.1 Å². The molecule has 0 heterocycles. The monoisotopic (exact) mass is 199 g/mol. The number of amidine groups is 1. The van der Waals surface area contributed by atoms with E-state index >= 15 is 0 Å². The lowest BCUT2D eigenvalue weighted by Crippen LogP contribution is -2.43. The van der Waals surface area contributed by atoms with Crippen LogP contribution in [0.15, 0.2) is 5.16 Å². The molecule has 0 aromatic rings. The Bertz CT molecular complexity index is 255. The highest BCUT2D eigenvalue weighted by Crippen LogP contribution is 2.47. The van der Waals surface area contributed by atoms with Crippen LogP contribution in [0.3, 0.4) is 0 Å². The fourth-order valence-electron chi connectivity index (χ4n) is 1.61. The Morgan fingerprint density at radius 2 is 2.00 bits per heavy atom. The SMILES string of the molecule is CCN(CC)C(=O)C1(C(N)=NO)CC1. The maximum Gasteiger partial charge on any atom is 0.236 e. The van der Waals surface area contributed by atoms with E-state index in [0.29, 0.717) is 25.9 Å². The second-order valence-corrected chi connectivity index (χ2v) is 3.54. The van der Waals surface area contributed by atoms with Crippen LogP contribution in [0.5, 0.6) is 0 Å². The number of oxime groups is 1. The second-order valence-electron chi connectivity index (χ2n) is 3.54. The Balaban J connectivity index is 2.78. The molecule has 3 N–H and O–H groups in total. The van der Waals surface area contributed by atoms with Gasteiger partial charge >= 0.3 is 0 Å². The van der Waals surface area contributed by atoms with Crippen LogP contribution in [0.4, 0.5) is 0 Å². The van der Waals surface area contributed by atoms with Crippen molar-refractivity contribution in [3.63, 3.8) is 0 Å². The highest BCUT2D eigenvalue weighted by atomic mass is 16.4. The third-order valence-corrected chi connectivity index (χ3v) is 2.81. The van der Waals surface area contributed by atoms with E-state index in [4.69, 9.17) is 10.9 Å². The maximum atomic E-state index is 11.9. The first-order valence-corrected chi connectivity index (χ1v) is 4.89. The zero-order valence-corrected chi connectivity index (χ0v) is 8.66. The van der Waals surface area contributed by atoms with Crippen molar-refractivity contribution in [3.05, 3.63) is 0 Å². The number of carbonyl (C=O) groups excluding carboxylic acids is 1. The molecule has 0 unspecified atom stereocenters. The van der Waals surface area contributed by atoms with Crippen molar-refractivity contribution in [2.24, 2.45) is 16.3 Å². The number of rotatable bonds is 4. The third kappa shape index (κ3) is 1.54. The number of nitrogens with zero attached hydrogens (tertiary/aromatic N) is 2. The van der Waals surface area contributed by atoms with Gasteiger partial charge in [0.15, 0.2) is 5.84 Å². The molecule has 1 aliphatic carbocycles. The van der Waals surface area contributed by atoms with Crippen LogP contribution in [0.2, 0.25) is 0 Å². The van der Waals surface area contributed by atoms with E-state index in [-0.39, 0.29) is 11.7 Å². The number of hydrogen-bond donors (Lipinski definition) is 2. The number of nitrogens with two attached hydrogens (primary N) is 1. The first-order chi connectivity index (χ1) is 6.62. The summed E-state index contributed by atoms with van der Waals surface area (Å²) in [7, 11) is 0. The first kappa shape index (κ1) is 10.8. The summed E-state index contributed by atoms with van der Waals surface area (Å²) in [6.07, 6.45) is 1.39. The van der Waals surface area contributed by atoms with Crippen molar-refractivity contribution in [2.45, 2.75) is 26.7 Å². The van der Waals surface area contributed by atoms with Gasteiger partial charge in [-0.3, -0.25) is 4.79 Å². The lowest BCUT2D eigenvalue weighted by Gasteiger charge is -2.23. The normalized spacial score (nSPS) is 19.1. The minimum absolute atomic E-state index is 0.0159. The van der Waals surface area contributed by atoms with E-state index in [1.807, 2.05) is 13.8 Å². The van der Waals surface area contributed by atoms with Gasteiger partial charge in [-0.05, 0) is 26.7 Å². The van der Waals surface area contributed by atoms with Gasteiger partial charge in [0, 0.05) is 13.1 Å². The van der Waals surface area contributed by atoms with E-state index in [1.54, 1.807) is 4.90 Å². The van der Waals surface area contributed by atoms with Crippen LogP contribution in [0.25, 0.3) is 0 Å². The molecule has 0 bridgehead atoms. The number of amides is 1. The molecule has 0 saturated heterocycles. The summed E-state index contributed by atoms with van der Waals surface area (Å²) in [6.45, 7) is 5.17. The van der Waals surface area contributed by atoms with Crippen LogP contribution in [0, 0.1) is 5.41 Å². The quantitative estimate of drug-likeness (QED) is 0.297. The summed E-state index contributed by atoms with van der Waals surface area (Å²) in [5.74, 6) is 0.0344.